The quantitative estimate of drug-likeness (QED) is 0.673. The fraction of sp³-hybridized carbons (Fsp3) is 0.933. The van der Waals surface area contributed by atoms with Crippen LogP contribution in [0.25, 0.3) is 0 Å². The van der Waals surface area contributed by atoms with E-state index in [0.717, 1.165) is 24.5 Å². The zero-order valence-electron chi connectivity index (χ0n) is 15.0. The van der Waals surface area contributed by atoms with Gasteiger partial charge >= 0.3 is 0 Å². The predicted octanol–water partition coefficient (Wildman–Crippen LogP) is 0.508. The second-order valence-corrected chi connectivity index (χ2v) is 10.1. The van der Waals surface area contributed by atoms with Gasteiger partial charge in [-0.15, -0.1) is 16.9 Å². The molecule has 0 saturated carbocycles. The highest BCUT2D eigenvalue weighted by Gasteiger charge is 2.46. The standard InChI is InChI=1S/C15H27N5O3S2/c1-12(2)19(13-4-6-17(7-5-13)25(3,21)22)20-15(9-23-20)18-11-24-10-14(18)8-16/h12-15H,4-7,9-11H2,1-3H3. The number of piperidine rings is 1. The molecule has 3 aliphatic rings. The summed E-state index contributed by atoms with van der Waals surface area (Å²) in [4.78, 5) is 7.99. The van der Waals surface area contributed by atoms with Crippen molar-refractivity contribution < 1.29 is 13.3 Å². The number of hydrazine groups is 1. The molecule has 0 spiro atoms. The lowest BCUT2D eigenvalue weighted by Crippen LogP contribution is -2.70. The van der Waals surface area contributed by atoms with Gasteiger partial charge in [0.05, 0.1) is 12.3 Å². The summed E-state index contributed by atoms with van der Waals surface area (Å²) in [5.41, 5.74) is 0. The monoisotopic (exact) mass is 389 g/mol. The van der Waals surface area contributed by atoms with Crippen molar-refractivity contribution in [2.45, 2.75) is 51.0 Å². The average Bonchev–Trinajstić information content (AvgIpc) is 2.98. The van der Waals surface area contributed by atoms with Crippen molar-refractivity contribution in [2.75, 3.05) is 37.6 Å². The molecule has 10 heteroatoms. The topological polar surface area (TPSA) is 80.1 Å². The van der Waals surface area contributed by atoms with Gasteiger partial charge in [-0.3, -0.25) is 9.74 Å². The molecule has 0 bridgehead atoms. The second-order valence-electron chi connectivity index (χ2n) is 7.10. The molecule has 3 heterocycles. The van der Waals surface area contributed by atoms with Crippen LogP contribution in [0.2, 0.25) is 0 Å². The molecule has 0 radical (unpaired) electrons. The van der Waals surface area contributed by atoms with E-state index in [-0.39, 0.29) is 24.3 Å². The van der Waals surface area contributed by atoms with Crippen LogP contribution in [-0.2, 0) is 14.9 Å². The van der Waals surface area contributed by atoms with Crippen molar-refractivity contribution in [3.63, 3.8) is 0 Å². The first-order valence-corrected chi connectivity index (χ1v) is 11.7. The Morgan fingerprint density at radius 1 is 1.32 bits per heavy atom. The summed E-state index contributed by atoms with van der Waals surface area (Å²) in [6.07, 6.45) is 2.94. The zero-order chi connectivity index (χ0) is 18.2. The third kappa shape index (κ3) is 3.98. The van der Waals surface area contributed by atoms with Gasteiger partial charge in [0.15, 0.2) is 0 Å². The van der Waals surface area contributed by atoms with E-state index >= 15 is 0 Å². The first-order chi connectivity index (χ1) is 11.8. The Labute approximate surface area is 154 Å². The summed E-state index contributed by atoms with van der Waals surface area (Å²) in [7, 11) is -3.12. The number of hydroxylamine groups is 1. The van der Waals surface area contributed by atoms with Gasteiger partial charge in [0, 0.05) is 36.8 Å². The Balaban J connectivity index is 1.67. The van der Waals surface area contributed by atoms with Crippen molar-refractivity contribution in [3.05, 3.63) is 0 Å². The van der Waals surface area contributed by atoms with E-state index in [1.165, 1.54) is 6.26 Å². The first-order valence-electron chi connectivity index (χ1n) is 8.71. The van der Waals surface area contributed by atoms with E-state index in [1.54, 1.807) is 16.1 Å². The van der Waals surface area contributed by atoms with E-state index in [4.69, 9.17) is 4.84 Å². The van der Waals surface area contributed by atoms with E-state index in [0.29, 0.717) is 19.7 Å². The minimum Gasteiger partial charge on any atom is -0.279 e. The number of sulfonamides is 1. The minimum atomic E-state index is -3.12. The average molecular weight is 390 g/mol. The number of nitriles is 1. The number of nitrogens with zero attached hydrogens (tertiary/aromatic N) is 5. The lowest BCUT2D eigenvalue weighted by Gasteiger charge is -2.54. The maximum Gasteiger partial charge on any atom is 0.211 e. The number of hydrogen-bond donors (Lipinski definition) is 0. The van der Waals surface area contributed by atoms with Gasteiger partial charge in [-0.1, -0.05) is 0 Å². The van der Waals surface area contributed by atoms with E-state index in [2.05, 4.69) is 29.8 Å². The van der Waals surface area contributed by atoms with E-state index < -0.39 is 10.0 Å². The van der Waals surface area contributed by atoms with Gasteiger partial charge < -0.3 is 0 Å². The highest BCUT2D eigenvalue weighted by molar-refractivity contribution is 7.99. The first kappa shape index (κ1) is 19.4. The van der Waals surface area contributed by atoms with Crippen LogP contribution in [0.3, 0.4) is 0 Å². The van der Waals surface area contributed by atoms with Gasteiger partial charge in [-0.05, 0) is 26.7 Å². The molecule has 0 aliphatic carbocycles. The maximum absolute atomic E-state index is 11.7. The molecule has 0 aromatic heterocycles. The molecule has 2 atom stereocenters. The van der Waals surface area contributed by atoms with Crippen molar-refractivity contribution in [3.8, 4) is 6.07 Å². The molecule has 0 amide bonds. The van der Waals surface area contributed by atoms with Crippen LogP contribution in [-0.4, -0.2) is 89.7 Å². The molecule has 142 valence electrons. The Morgan fingerprint density at radius 2 is 2.00 bits per heavy atom. The van der Waals surface area contributed by atoms with Crippen LogP contribution in [0.15, 0.2) is 0 Å². The number of rotatable bonds is 5. The zero-order valence-corrected chi connectivity index (χ0v) is 16.7. The largest absolute Gasteiger partial charge is 0.279 e. The smallest absolute Gasteiger partial charge is 0.211 e. The van der Waals surface area contributed by atoms with Crippen LogP contribution < -0.4 is 0 Å². The fourth-order valence-electron chi connectivity index (χ4n) is 3.76. The van der Waals surface area contributed by atoms with Crippen LogP contribution in [0.4, 0.5) is 0 Å². The number of hydrogen-bond acceptors (Lipinski definition) is 8. The molecule has 25 heavy (non-hydrogen) atoms. The molecule has 2 unspecified atom stereocenters. The van der Waals surface area contributed by atoms with Gasteiger partial charge in [-0.25, -0.2) is 17.7 Å². The van der Waals surface area contributed by atoms with Crippen LogP contribution in [0.1, 0.15) is 26.7 Å². The van der Waals surface area contributed by atoms with Crippen LogP contribution >= 0.6 is 11.8 Å². The van der Waals surface area contributed by atoms with Gasteiger partial charge in [0.1, 0.15) is 18.8 Å². The summed E-state index contributed by atoms with van der Waals surface area (Å²) in [6.45, 7) is 5.95. The third-order valence-electron chi connectivity index (χ3n) is 5.08. The molecule has 3 rings (SSSR count). The van der Waals surface area contributed by atoms with Crippen LogP contribution in [0.5, 0.6) is 0 Å². The van der Waals surface area contributed by atoms with Gasteiger partial charge in [-0.2, -0.15) is 5.26 Å². The van der Waals surface area contributed by atoms with E-state index in [1.807, 2.05) is 5.17 Å². The summed E-state index contributed by atoms with van der Waals surface area (Å²) in [5.74, 6) is 1.69. The molecular weight excluding hydrogens is 362 g/mol. The summed E-state index contributed by atoms with van der Waals surface area (Å²) >= 11 is 1.78. The molecule has 3 saturated heterocycles. The fourth-order valence-corrected chi connectivity index (χ4v) is 5.79. The lowest BCUT2D eigenvalue weighted by molar-refractivity contribution is -0.430. The third-order valence-corrected chi connectivity index (χ3v) is 7.42. The summed E-state index contributed by atoms with van der Waals surface area (Å²) in [5, 5.41) is 13.5. The normalized spacial score (nSPS) is 30.7. The Kier molecular flexibility index (Phi) is 5.95. The molecule has 0 N–H and O–H groups in total. The van der Waals surface area contributed by atoms with Crippen molar-refractivity contribution in [1.82, 2.24) is 19.4 Å². The Hall–Kier alpha value is -0.410. The highest BCUT2D eigenvalue weighted by atomic mass is 32.2. The summed E-state index contributed by atoms with van der Waals surface area (Å²) in [6, 6.07) is 2.81. The van der Waals surface area contributed by atoms with Gasteiger partial charge in [0.2, 0.25) is 10.0 Å². The molecule has 8 nitrogen and oxygen atoms in total. The van der Waals surface area contributed by atoms with Crippen molar-refractivity contribution >= 4 is 21.8 Å². The number of thioether (sulfide) groups is 1. The maximum atomic E-state index is 11.7. The molecule has 0 aromatic carbocycles. The molecule has 0 aromatic rings. The van der Waals surface area contributed by atoms with Gasteiger partial charge in [0.25, 0.3) is 0 Å². The van der Waals surface area contributed by atoms with E-state index in [9.17, 15) is 13.7 Å². The molecule has 3 fully saturated rings. The van der Waals surface area contributed by atoms with Crippen molar-refractivity contribution in [2.24, 2.45) is 0 Å². The lowest BCUT2D eigenvalue weighted by atomic mass is 10.0. The molecular formula is C15H27N5O3S2. The Bertz CT molecular complexity index is 615. The predicted molar refractivity (Wildman–Crippen MR) is 96.6 cm³/mol. The second kappa shape index (κ2) is 7.68. The van der Waals surface area contributed by atoms with Crippen LogP contribution in [0, 0.1) is 11.3 Å². The van der Waals surface area contributed by atoms with Crippen molar-refractivity contribution in [1.29, 1.82) is 5.26 Å². The molecule has 3 aliphatic heterocycles. The Morgan fingerprint density at radius 3 is 2.48 bits per heavy atom. The summed E-state index contributed by atoms with van der Waals surface area (Å²) < 4.78 is 25.0. The minimum absolute atomic E-state index is 0.0671. The highest BCUT2D eigenvalue weighted by Crippen LogP contribution is 2.33. The SMILES string of the molecule is CC(C)N(C1CCN(S(C)(=O)=O)CC1)N1OCC1N1CSCC1C#N.